The molecule has 0 radical (unpaired) electrons. The molecule has 3 rings (SSSR count). The van der Waals surface area contributed by atoms with Gasteiger partial charge in [-0.3, -0.25) is 0 Å². The van der Waals surface area contributed by atoms with E-state index in [1.165, 1.54) is 36.0 Å². The van der Waals surface area contributed by atoms with Gasteiger partial charge in [0.15, 0.2) is 0 Å². The Morgan fingerprint density at radius 1 is 0.760 bits per heavy atom. The molecule has 25 heavy (non-hydrogen) atoms. The van der Waals surface area contributed by atoms with E-state index >= 15 is 0 Å². The zero-order valence-corrected chi connectivity index (χ0v) is 15.6. The predicted molar refractivity (Wildman–Crippen MR) is 109 cm³/mol. The summed E-state index contributed by atoms with van der Waals surface area (Å²) in [6.07, 6.45) is 15.6. The fraction of sp³-hybridized carbons (Fsp3) is 0.360. The molecule has 0 saturated heterocycles. The van der Waals surface area contributed by atoms with Crippen molar-refractivity contribution in [3.63, 3.8) is 0 Å². The monoisotopic (exact) mass is 330 g/mol. The molecule has 0 saturated carbocycles. The first-order valence-electron chi connectivity index (χ1n) is 9.76. The van der Waals surface area contributed by atoms with Crippen molar-refractivity contribution in [3.05, 3.63) is 95.6 Å². The van der Waals surface area contributed by atoms with Crippen molar-refractivity contribution < 1.29 is 0 Å². The molecular weight excluding hydrogens is 300 g/mol. The Labute approximate surface area is 153 Å². The molecule has 1 aliphatic carbocycles. The maximum Gasteiger partial charge on any atom is 0.0199 e. The van der Waals surface area contributed by atoms with Crippen molar-refractivity contribution in [1.29, 1.82) is 0 Å². The molecule has 0 N–H and O–H groups in total. The Bertz CT molecular complexity index is 689. The minimum Gasteiger partial charge on any atom is -0.0776 e. The SMILES string of the molecule is CCCc1ccc(CCC2(CC)C=CC(c3ccccc3)C=C2)cc1. The first kappa shape index (κ1) is 17.7. The van der Waals surface area contributed by atoms with Crippen molar-refractivity contribution in [3.8, 4) is 0 Å². The van der Waals surface area contributed by atoms with Crippen LogP contribution in [-0.4, -0.2) is 0 Å². The topological polar surface area (TPSA) is 0 Å². The number of benzene rings is 2. The summed E-state index contributed by atoms with van der Waals surface area (Å²) in [4.78, 5) is 0. The van der Waals surface area contributed by atoms with Gasteiger partial charge in [-0.25, -0.2) is 0 Å². The van der Waals surface area contributed by atoms with Gasteiger partial charge in [0.25, 0.3) is 0 Å². The number of hydrogen-bond donors (Lipinski definition) is 0. The van der Waals surface area contributed by atoms with Gasteiger partial charge >= 0.3 is 0 Å². The molecule has 0 fully saturated rings. The Kier molecular flexibility index (Phi) is 5.91. The van der Waals surface area contributed by atoms with Crippen molar-refractivity contribution in [2.75, 3.05) is 0 Å². The molecule has 2 aromatic rings. The van der Waals surface area contributed by atoms with Gasteiger partial charge in [-0.15, -0.1) is 0 Å². The summed E-state index contributed by atoms with van der Waals surface area (Å²) in [6, 6.07) is 20.0. The first-order chi connectivity index (χ1) is 12.2. The second-order valence-electron chi connectivity index (χ2n) is 7.31. The van der Waals surface area contributed by atoms with Crippen molar-refractivity contribution in [2.45, 2.75) is 51.9 Å². The van der Waals surface area contributed by atoms with Crippen molar-refractivity contribution in [2.24, 2.45) is 5.41 Å². The van der Waals surface area contributed by atoms with Crippen LogP contribution in [0.1, 0.15) is 55.7 Å². The summed E-state index contributed by atoms with van der Waals surface area (Å²) in [5, 5.41) is 0. The lowest BCUT2D eigenvalue weighted by atomic mass is 9.74. The number of allylic oxidation sites excluding steroid dienone is 4. The fourth-order valence-electron chi connectivity index (χ4n) is 3.73. The van der Waals surface area contributed by atoms with Crippen LogP contribution >= 0.6 is 0 Å². The van der Waals surface area contributed by atoms with Crippen LogP contribution in [0.3, 0.4) is 0 Å². The molecule has 0 nitrogen and oxygen atoms in total. The third kappa shape index (κ3) is 4.51. The Morgan fingerprint density at radius 3 is 1.92 bits per heavy atom. The maximum atomic E-state index is 2.45. The van der Waals surface area contributed by atoms with Crippen LogP contribution in [0.5, 0.6) is 0 Å². The summed E-state index contributed by atoms with van der Waals surface area (Å²) in [5.41, 5.74) is 4.51. The molecule has 0 spiro atoms. The second-order valence-corrected chi connectivity index (χ2v) is 7.31. The van der Waals surface area contributed by atoms with E-state index in [1.807, 2.05) is 0 Å². The molecule has 0 aromatic heterocycles. The standard InChI is InChI=1S/C25H30/c1-3-8-21-11-13-22(14-12-21)15-18-25(4-2)19-16-24(17-20-25)23-9-6-5-7-10-23/h5-7,9-14,16-17,19-20,24H,3-4,8,15,18H2,1-2H3. The van der Waals surface area contributed by atoms with Crippen LogP contribution in [0, 0.1) is 5.41 Å². The predicted octanol–water partition coefficient (Wildman–Crippen LogP) is 6.88. The number of rotatable bonds is 7. The highest BCUT2D eigenvalue weighted by Gasteiger charge is 2.25. The molecule has 0 unspecified atom stereocenters. The molecule has 0 bridgehead atoms. The van der Waals surface area contributed by atoms with E-state index in [0.717, 1.165) is 12.8 Å². The molecular formula is C25H30. The van der Waals surface area contributed by atoms with E-state index in [1.54, 1.807) is 0 Å². The lowest BCUT2D eigenvalue weighted by Crippen LogP contribution is -2.18. The molecule has 0 atom stereocenters. The highest BCUT2D eigenvalue weighted by molar-refractivity contribution is 5.34. The minimum atomic E-state index is 0.216. The highest BCUT2D eigenvalue weighted by atomic mass is 14.3. The zero-order chi connectivity index (χ0) is 17.5. The molecule has 0 amide bonds. The smallest absolute Gasteiger partial charge is 0.0199 e. The third-order valence-corrected chi connectivity index (χ3v) is 5.55. The minimum absolute atomic E-state index is 0.216. The van der Waals surface area contributed by atoms with E-state index in [-0.39, 0.29) is 5.41 Å². The molecule has 0 aliphatic heterocycles. The van der Waals surface area contributed by atoms with Gasteiger partial charge in [-0.1, -0.05) is 99.2 Å². The summed E-state index contributed by atoms with van der Waals surface area (Å²) in [6.45, 7) is 4.55. The average molecular weight is 331 g/mol. The summed E-state index contributed by atoms with van der Waals surface area (Å²) >= 11 is 0. The summed E-state index contributed by atoms with van der Waals surface area (Å²) < 4.78 is 0. The van der Waals surface area contributed by atoms with E-state index in [4.69, 9.17) is 0 Å². The van der Waals surface area contributed by atoms with Gasteiger partial charge in [0.05, 0.1) is 0 Å². The van der Waals surface area contributed by atoms with Crippen LogP contribution in [0.25, 0.3) is 0 Å². The van der Waals surface area contributed by atoms with Gasteiger partial charge in [-0.2, -0.15) is 0 Å². The Hall–Kier alpha value is -2.08. The van der Waals surface area contributed by atoms with Crippen LogP contribution in [-0.2, 0) is 12.8 Å². The molecule has 0 heterocycles. The Balaban J connectivity index is 1.63. The van der Waals surface area contributed by atoms with E-state index in [2.05, 4.69) is 92.7 Å². The van der Waals surface area contributed by atoms with Crippen LogP contribution in [0.2, 0.25) is 0 Å². The lowest BCUT2D eigenvalue weighted by Gasteiger charge is -2.30. The maximum absolute atomic E-state index is 2.45. The van der Waals surface area contributed by atoms with E-state index in [9.17, 15) is 0 Å². The van der Waals surface area contributed by atoms with E-state index < -0.39 is 0 Å². The molecule has 1 aliphatic rings. The second kappa shape index (κ2) is 8.34. The van der Waals surface area contributed by atoms with Crippen molar-refractivity contribution >= 4 is 0 Å². The Morgan fingerprint density at radius 2 is 1.36 bits per heavy atom. The van der Waals surface area contributed by atoms with Crippen molar-refractivity contribution in [1.82, 2.24) is 0 Å². The van der Waals surface area contributed by atoms with Gasteiger partial charge in [0.2, 0.25) is 0 Å². The zero-order valence-electron chi connectivity index (χ0n) is 15.6. The van der Waals surface area contributed by atoms with E-state index in [0.29, 0.717) is 5.92 Å². The third-order valence-electron chi connectivity index (χ3n) is 5.55. The average Bonchev–Trinajstić information content (AvgIpc) is 2.69. The van der Waals surface area contributed by atoms with Gasteiger partial charge < -0.3 is 0 Å². The van der Waals surface area contributed by atoms with Crippen LogP contribution in [0.15, 0.2) is 78.9 Å². The molecule has 2 aromatic carbocycles. The largest absolute Gasteiger partial charge is 0.0776 e. The van der Waals surface area contributed by atoms with Gasteiger partial charge in [0.1, 0.15) is 0 Å². The van der Waals surface area contributed by atoms with Crippen LogP contribution in [0.4, 0.5) is 0 Å². The van der Waals surface area contributed by atoms with Crippen LogP contribution < -0.4 is 0 Å². The lowest BCUT2D eigenvalue weighted by molar-refractivity contribution is 0.426. The van der Waals surface area contributed by atoms with Gasteiger partial charge in [-0.05, 0) is 42.4 Å². The highest BCUT2D eigenvalue weighted by Crippen LogP contribution is 2.38. The number of aryl methyl sites for hydroxylation is 2. The normalized spacial score (nSPS) is 22.2. The molecule has 130 valence electrons. The fourth-order valence-corrected chi connectivity index (χ4v) is 3.73. The van der Waals surface area contributed by atoms with Gasteiger partial charge in [0, 0.05) is 11.3 Å². The molecule has 0 heteroatoms. The first-order valence-corrected chi connectivity index (χ1v) is 9.76. The number of hydrogen-bond acceptors (Lipinski definition) is 0. The quantitative estimate of drug-likeness (QED) is 0.485. The summed E-state index contributed by atoms with van der Waals surface area (Å²) in [5.74, 6) is 0.425. The summed E-state index contributed by atoms with van der Waals surface area (Å²) in [7, 11) is 0.